The van der Waals surface area contributed by atoms with Crippen molar-refractivity contribution in [1.29, 1.82) is 0 Å². The van der Waals surface area contributed by atoms with Crippen LogP contribution in [0, 0.1) is 13.8 Å². The lowest BCUT2D eigenvalue weighted by atomic mass is 10.1. The van der Waals surface area contributed by atoms with E-state index in [1.54, 1.807) is 11.3 Å². The molecule has 2 nitrogen and oxygen atoms in total. The highest BCUT2D eigenvalue weighted by Crippen LogP contribution is 2.27. The molecular formula is C12H14N2S. The summed E-state index contributed by atoms with van der Waals surface area (Å²) in [6.07, 6.45) is 0. The number of nitrogens with two attached hydrogens (primary N) is 1. The van der Waals surface area contributed by atoms with E-state index in [-0.39, 0.29) is 0 Å². The Morgan fingerprint density at radius 3 is 2.73 bits per heavy atom. The van der Waals surface area contributed by atoms with Gasteiger partial charge in [0.1, 0.15) is 5.01 Å². The van der Waals surface area contributed by atoms with Crippen LogP contribution in [0.3, 0.4) is 0 Å². The molecule has 0 atom stereocenters. The van der Waals surface area contributed by atoms with Gasteiger partial charge in [0.25, 0.3) is 0 Å². The van der Waals surface area contributed by atoms with Crippen LogP contribution in [0.5, 0.6) is 0 Å². The molecule has 1 aromatic heterocycles. The van der Waals surface area contributed by atoms with Gasteiger partial charge in [-0.15, -0.1) is 11.3 Å². The zero-order valence-electron chi connectivity index (χ0n) is 8.95. The van der Waals surface area contributed by atoms with Crippen molar-refractivity contribution in [2.75, 3.05) is 0 Å². The molecular weight excluding hydrogens is 204 g/mol. The molecule has 0 fully saturated rings. The van der Waals surface area contributed by atoms with Crippen molar-refractivity contribution in [1.82, 2.24) is 4.98 Å². The summed E-state index contributed by atoms with van der Waals surface area (Å²) in [6.45, 7) is 4.68. The molecule has 0 amide bonds. The molecule has 0 saturated heterocycles. The van der Waals surface area contributed by atoms with E-state index in [1.165, 1.54) is 16.0 Å². The first-order chi connectivity index (χ1) is 7.20. The summed E-state index contributed by atoms with van der Waals surface area (Å²) in [6, 6.07) is 8.39. The molecule has 0 spiro atoms. The van der Waals surface area contributed by atoms with Crippen LogP contribution in [0.2, 0.25) is 0 Å². The maximum absolute atomic E-state index is 5.62. The van der Waals surface area contributed by atoms with E-state index in [0.29, 0.717) is 6.54 Å². The Kier molecular flexibility index (Phi) is 2.84. The minimum atomic E-state index is 0.522. The zero-order chi connectivity index (χ0) is 10.8. The van der Waals surface area contributed by atoms with Crippen LogP contribution in [0.1, 0.15) is 16.1 Å². The molecule has 3 heteroatoms. The topological polar surface area (TPSA) is 38.9 Å². The smallest absolute Gasteiger partial charge is 0.123 e. The van der Waals surface area contributed by atoms with Gasteiger partial charge in [0.15, 0.2) is 0 Å². The third kappa shape index (κ3) is 2.08. The van der Waals surface area contributed by atoms with Gasteiger partial charge in [0, 0.05) is 17.0 Å². The molecule has 0 aliphatic heterocycles. The van der Waals surface area contributed by atoms with Gasteiger partial charge >= 0.3 is 0 Å². The Labute approximate surface area is 93.8 Å². The van der Waals surface area contributed by atoms with Gasteiger partial charge in [-0.05, 0) is 19.9 Å². The molecule has 2 N–H and O–H groups in total. The van der Waals surface area contributed by atoms with E-state index < -0.39 is 0 Å². The quantitative estimate of drug-likeness (QED) is 0.841. The van der Waals surface area contributed by atoms with Crippen LogP contribution in [0.15, 0.2) is 24.3 Å². The Morgan fingerprint density at radius 2 is 2.13 bits per heavy atom. The second-order valence-electron chi connectivity index (χ2n) is 3.60. The van der Waals surface area contributed by atoms with Crippen molar-refractivity contribution in [2.45, 2.75) is 20.4 Å². The lowest BCUT2D eigenvalue weighted by Crippen LogP contribution is -1.97. The van der Waals surface area contributed by atoms with E-state index in [4.69, 9.17) is 5.73 Å². The zero-order valence-corrected chi connectivity index (χ0v) is 9.77. The highest BCUT2D eigenvalue weighted by Gasteiger charge is 2.07. The Morgan fingerprint density at radius 1 is 1.33 bits per heavy atom. The van der Waals surface area contributed by atoms with Crippen LogP contribution >= 0.6 is 11.3 Å². The summed E-state index contributed by atoms with van der Waals surface area (Å²) in [4.78, 5) is 5.75. The van der Waals surface area contributed by atoms with Gasteiger partial charge in [0.2, 0.25) is 0 Å². The number of thiazole rings is 1. The summed E-state index contributed by atoms with van der Waals surface area (Å²) < 4.78 is 0. The first-order valence-electron chi connectivity index (χ1n) is 4.94. The molecule has 78 valence electrons. The van der Waals surface area contributed by atoms with Crippen LogP contribution in [-0.2, 0) is 6.54 Å². The highest BCUT2D eigenvalue weighted by molar-refractivity contribution is 7.15. The van der Waals surface area contributed by atoms with Crippen LogP contribution < -0.4 is 5.73 Å². The predicted octanol–water partition coefficient (Wildman–Crippen LogP) is 2.89. The normalized spacial score (nSPS) is 10.6. The SMILES string of the molecule is Cc1cccc(-c2nc(CN)c(C)s2)c1. The third-order valence-corrected chi connectivity index (χ3v) is 3.41. The largest absolute Gasteiger partial charge is 0.325 e. The molecule has 0 aliphatic carbocycles. The lowest BCUT2D eigenvalue weighted by Gasteiger charge is -1.97. The molecule has 0 bridgehead atoms. The number of nitrogens with zero attached hydrogens (tertiary/aromatic N) is 1. The first-order valence-corrected chi connectivity index (χ1v) is 5.76. The fourth-order valence-electron chi connectivity index (χ4n) is 1.52. The number of benzene rings is 1. The minimum Gasteiger partial charge on any atom is -0.325 e. The van der Waals surface area contributed by atoms with Gasteiger partial charge in [-0.25, -0.2) is 4.98 Å². The van der Waals surface area contributed by atoms with Crippen molar-refractivity contribution >= 4 is 11.3 Å². The van der Waals surface area contributed by atoms with Crippen molar-refractivity contribution in [2.24, 2.45) is 5.73 Å². The Bertz CT molecular complexity index is 474. The Hall–Kier alpha value is -1.19. The number of aryl methyl sites for hydroxylation is 2. The van der Waals surface area contributed by atoms with Crippen LogP contribution in [-0.4, -0.2) is 4.98 Å². The minimum absolute atomic E-state index is 0.522. The highest BCUT2D eigenvalue weighted by atomic mass is 32.1. The number of hydrogen-bond donors (Lipinski definition) is 1. The van der Waals surface area contributed by atoms with Crippen molar-refractivity contribution in [3.63, 3.8) is 0 Å². The maximum Gasteiger partial charge on any atom is 0.123 e. The molecule has 15 heavy (non-hydrogen) atoms. The summed E-state index contributed by atoms with van der Waals surface area (Å²) in [7, 11) is 0. The van der Waals surface area contributed by atoms with Gasteiger partial charge in [-0.2, -0.15) is 0 Å². The third-order valence-electron chi connectivity index (χ3n) is 2.35. The molecule has 2 aromatic rings. The molecule has 0 unspecified atom stereocenters. The van der Waals surface area contributed by atoms with Gasteiger partial charge < -0.3 is 5.73 Å². The van der Waals surface area contributed by atoms with E-state index in [9.17, 15) is 0 Å². The van der Waals surface area contributed by atoms with E-state index in [0.717, 1.165) is 10.7 Å². The van der Waals surface area contributed by atoms with Crippen molar-refractivity contribution < 1.29 is 0 Å². The van der Waals surface area contributed by atoms with E-state index >= 15 is 0 Å². The molecule has 1 heterocycles. The number of rotatable bonds is 2. The van der Waals surface area contributed by atoms with Crippen molar-refractivity contribution in [3.05, 3.63) is 40.4 Å². The molecule has 0 aliphatic rings. The van der Waals surface area contributed by atoms with Gasteiger partial charge in [0.05, 0.1) is 5.69 Å². The fourth-order valence-corrected chi connectivity index (χ4v) is 2.46. The van der Waals surface area contributed by atoms with E-state index in [1.807, 2.05) is 0 Å². The Balaban J connectivity index is 2.45. The molecule has 1 aromatic carbocycles. The van der Waals surface area contributed by atoms with Crippen LogP contribution in [0.4, 0.5) is 0 Å². The monoisotopic (exact) mass is 218 g/mol. The number of hydrogen-bond acceptors (Lipinski definition) is 3. The summed E-state index contributed by atoms with van der Waals surface area (Å²) >= 11 is 1.71. The van der Waals surface area contributed by atoms with Gasteiger partial charge in [-0.3, -0.25) is 0 Å². The lowest BCUT2D eigenvalue weighted by molar-refractivity contribution is 0.998. The molecule has 2 rings (SSSR count). The standard InChI is InChI=1S/C12H14N2S/c1-8-4-3-5-10(6-8)12-14-11(7-13)9(2)15-12/h3-6H,7,13H2,1-2H3. The summed E-state index contributed by atoms with van der Waals surface area (Å²) in [5.41, 5.74) is 9.07. The molecule has 0 radical (unpaired) electrons. The molecule has 0 saturated carbocycles. The van der Waals surface area contributed by atoms with Crippen LogP contribution in [0.25, 0.3) is 10.6 Å². The first kappa shape index (κ1) is 10.3. The fraction of sp³-hybridized carbons (Fsp3) is 0.250. The maximum atomic E-state index is 5.62. The number of aromatic nitrogens is 1. The van der Waals surface area contributed by atoms with Crippen molar-refractivity contribution in [3.8, 4) is 10.6 Å². The van der Waals surface area contributed by atoms with Gasteiger partial charge in [-0.1, -0.05) is 23.8 Å². The second-order valence-corrected chi connectivity index (χ2v) is 4.80. The second kappa shape index (κ2) is 4.13. The average molecular weight is 218 g/mol. The van der Waals surface area contributed by atoms with E-state index in [2.05, 4.69) is 43.1 Å². The average Bonchev–Trinajstić information content (AvgIpc) is 2.60. The summed E-state index contributed by atoms with van der Waals surface area (Å²) in [5.74, 6) is 0. The predicted molar refractivity (Wildman–Crippen MR) is 64.9 cm³/mol. The summed E-state index contributed by atoms with van der Waals surface area (Å²) in [5, 5.41) is 1.07.